The topological polar surface area (TPSA) is 94.0 Å². The van der Waals surface area contributed by atoms with Gasteiger partial charge in [-0.25, -0.2) is 15.0 Å². The number of anilines is 3. The monoisotopic (exact) mass is 424 g/mol. The lowest BCUT2D eigenvalue weighted by atomic mass is 9.77. The molecule has 0 bridgehead atoms. The van der Waals surface area contributed by atoms with Crippen molar-refractivity contribution in [1.82, 2.24) is 15.0 Å². The van der Waals surface area contributed by atoms with Crippen molar-refractivity contribution in [3.05, 3.63) is 22.4 Å². The number of nitrogen functional groups attached to an aromatic ring is 2. The molecule has 4 N–H and O–H groups in total. The van der Waals surface area contributed by atoms with Gasteiger partial charge in [-0.2, -0.15) is 0 Å². The van der Waals surface area contributed by atoms with E-state index >= 15 is 0 Å². The molecule has 3 heterocycles. The summed E-state index contributed by atoms with van der Waals surface area (Å²) in [6, 6.07) is 1.65. The van der Waals surface area contributed by atoms with Crippen molar-refractivity contribution in [2.45, 2.75) is 48.4 Å². The molecular formula is C18H22Cl2N6S. The number of aromatic nitrogens is 3. The summed E-state index contributed by atoms with van der Waals surface area (Å²) >= 11 is 13.5. The Balaban J connectivity index is 1.48. The maximum Gasteiger partial charge on any atom is 0.158 e. The van der Waals surface area contributed by atoms with Crippen LogP contribution in [0.25, 0.3) is 0 Å². The number of rotatable bonds is 3. The lowest BCUT2D eigenvalue weighted by Gasteiger charge is -2.39. The predicted octanol–water partition coefficient (Wildman–Crippen LogP) is 4.65. The summed E-state index contributed by atoms with van der Waals surface area (Å²) in [5, 5.41) is 1.07. The summed E-state index contributed by atoms with van der Waals surface area (Å²) < 4.78 is 0. The molecule has 1 aliphatic heterocycles. The molecule has 1 aliphatic carbocycles. The lowest BCUT2D eigenvalue weighted by Crippen LogP contribution is -2.39. The average Bonchev–Trinajstić information content (AvgIpc) is 3.09. The number of halogens is 2. The minimum absolute atomic E-state index is 0.163. The number of nitrogens with zero attached hydrogens (tertiary/aromatic N) is 4. The molecule has 2 aliphatic rings. The van der Waals surface area contributed by atoms with Crippen molar-refractivity contribution in [1.29, 1.82) is 0 Å². The van der Waals surface area contributed by atoms with Crippen LogP contribution in [-0.2, 0) is 0 Å². The molecular weight excluding hydrogens is 403 g/mol. The normalized spacial score (nSPS) is 19.0. The fourth-order valence-electron chi connectivity index (χ4n) is 4.12. The Bertz CT molecular complexity index is 846. The Kier molecular flexibility index (Phi) is 5.27. The Morgan fingerprint density at radius 1 is 1.04 bits per heavy atom. The second-order valence-electron chi connectivity index (χ2n) is 7.36. The Hall–Kier alpha value is -1.44. The maximum absolute atomic E-state index is 6.21. The van der Waals surface area contributed by atoms with Crippen LogP contribution in [0, 0.1) is 5.41 Å². The molecule has 4 rings (SSSR count). The van der Waals surface area contributed by atoms with Crippen LogP contribution in [0.1, 0.15) is 38.5 Å². The highest BCUT2D eigenvalue weighted by Gasteiger charge is 2.37. The third-order valence-corrected chi connectivity index (χ3v) is 7.59. The molecule has 2 aromatic rings. The van der Waals surface area contributed by atoms with E-state index in [4.69, 9.17) is 34.7 Å². The summed E-state index contributed by atoms with van der Waals surface area (Å²) in [5.41, 5.74) is 12.5. The van der Waals surface area contributed by atoms with Crippen LogP contribution in [0.3, 0.4) is 0 Å². The summed E-state index contributed by atoms with van der Waals surface area (Å²) in [6.45, 7) is 2.03. The van der Waals surface area contributed by atoms with Crippen LogP contribution in [-0.4, -0.2) is 28.0 Å². The maximum atomic E-state index is 6.21. The van der Waals surface area contributed by atoms with Crippen molar-refractivity contribution >= 4 is 52.4 Å². The molecule has 0 atom stereocenters. The first-order chi connectivity index (χ1) is 13.0. The second kappa shape index (κ2) is 7.53. The highest BCUT2D eigenvalue weighted by molar-refractivity contribution is 7.99. The third-order valence-electron chi connectivity index (χ3n) is 5.67. The van der Waals surface area contributed by atoms with E-state index in [1.165, 1.54) is 50.3 Å². The second-order valence-corrected chi connectivity index (χ2v) is 9.13. The quantitative estimate of drug-likeness (QED) is 0.691. The molecule has 1 saturated carbocycles. The van der Waals surface area contributed by atoms with Gasteiger partial charge in [0.25, 0.3) is 0 Å². The van der Waals surface area contributed by atoms with Gasteiger partial charge in [0.2, 0.25) is 0 Å². The van der Waals surface area contributed by atoms with Gasteiger partial charge < -0.3 is 16.4 Å². The molecule has 27 heavy (non-hydrogen) atoms. The van der Waals surface area contributed by atoms with Crippen LogP contribution < -0.4 is 16.4 Å². The van der Waals surface area contributed by atoms with Crippen LogP contribution >= 0.6 is 35.0 Å². The zero-order valence-corrected chi connectivity index (χ0v) is 17.2. The van der Waals surface area contributed by atoms with Gasteiger partial charge in [-0.3, -0.25) is 0 Å². The van der Waals surface area contributed by atoms with E-state index in [9.17, 15) is 0 Å². The smallest absolute Gasteiger partial charge is 0.158 e. The van der Waals surface area contributed by atoms with Gasteiger partial charge in [0.15, 0.2) is 11.0 Å². The van der Waals surface area contributed by atoms with Crippen molar-refractivity contribution < 1.29 is 0 Å². The standard InChI is InChI=1S/C18H22Cl2N6S/c19-14-11(9-12(21)24-15(14)20)27-17-16(22)25-13(10-23-17)26-7-5-18(6-8-26)3-1-2-4-18/h9-10H,1-8H2,(H2,21,24)(H2,22,25). The van der Waals surface area contributed by atoms with E-state index in [1.807, 2.05) is 0 Å². The summed E-state index contributed by atoms with van der Waals surface area (Å²) in [4.78, 5) is 16.0. The molecule has 0 unspecified atom stereocenters. The van der Waals surface area contributed by atoms with E-state index in [-0.39, 0.29) is 5.15 Å². The molecule has 0 amide bonds. The first-order valence-corrected chi connectivity index (χ1v) is 10.7. The van der Waals surface area contributed by atoms with E-state index < -0.39 is 0 Å². The van der Waals surface area contributed by atoms with Gasteiger partial charge in [0.05, 0.1) is 11.2 Å². The number of pyridine rings is 1. The fourth-order valence-corrected chi connectivity index (χ4v) is 5.42. The van der Waals surface area contributed by atoms with Crippen LogP contribution in [0.2, 0.25) is 10.2 Å². The third kappa shape index (κ3) is 3.91. The average molecular weight is 425 g/mol. The first kappa shape index (κ1) is 18.9. The molecule has 1 saturated heterocycles. The minimum atomic E-state index is 0.163. The largest absolute Gasteiger partial charge is 0.384 e. The Labute approximate surface area is 173 Å². The number of hydrogen-bond acceptors (Lipinski definition) is 7. The van der Waals surface area contributed by atoms with E-state index in [0.29, 0.717) is 32.0 Å². The molecule has 2 aromatic heterocycles. The fraction of sp³-hybridized carbons (Fsp3) is 0.500. The van der Waals surface area contributed by atoms with E-state index in [0.717, 1.165) is 18.9 Å². The molecule has 144 valence electrons. The van der Waals surface area contributed by atoms with Crippen LogP contribution in [0.4, 0.5) is 17.5 Å². The summed E-state index contributed by atoms with van der Waals surface area (Å²) in [5.74, 6) is 1.51. The predicted molar refractivity (Wildman–Crippen MR) is 112 cm³/mol. The zero-order chi connectivity index (χ0) is 19.0. The SMILES string of the molecule is Nc1cc(Sc2ncc(N3CCC4(CCCC4)CC3)nc2N)c(Cl)c(Cl)n1. The zero-order valence-electron chi connectivity index (χ0n) is 14.9. The number of piperidine rings is 1. The molecule has 6 nitrogen and oxygen atoms in total. The van der Waals surface area contributed by atoms with Gasteiger partial charge in [0, 0.05) is 18.0 Å². The van der Waals surface area contributed by atoms with Crippen molar-refractivity contribution in [3.8, 4) is 0 Å². The van der Waals surface area contributed by atoms with Gasteiger partial charge in [-0.1, -0.05) is 47.8 Å². The molecule has 2 fully saturated rings. The molecule has 1 spiro atoms. The number of hydrogen-bond donors (Lipinski definition) is 2. The van der Waals surface area contributed by atoms with Crippen molar-refractivity contribution in [3.63, 3.8) is 0 Å². The summed E-state index contributed by atoms with van der Waals surface area (Å²) in [7, 11) is 0. The van der Waals surface area contributed by atoms with E-state index in [2.05, 4.69) is 19.9 Å². The molecule has 0 radical (unpaired) electrons. The van der Waals surface area contributed by atoms with Crippen molar-refractivity contribution in [2.24, 2.45) is 5.41 Å². The Morgan fingerprint density at radius 2 is 1.74 bits per heavy atom. The number of nitrogens with two attached hydrogens (primary N) is 2. The molecule has 9 heteroatoms. The van der Waals surface area contributed by atoms with Gasteiger partial charge in [-0.05, 0) is 37.2 Å². The minimum Gasteiger partial charge on any atom is -0.384 e. The molecule has 0 aromatic carbocycles. The van der Waals surface area contributed by atoms with Gasteiger partial charge >= 0.3 is 0 Å². The van der Waals surface area contributed by atoms with Crippen LogP contribution in [0.5, 0.6) is 0 Å². The first-order valence-electron chi connectivity index (χ1n) is 9.13. The lowest BCUT2D eigenvalue weighted by molar-refractivity contribution is 0.226. The van der Waals surface area contributed by atoms with Crippen LogP contribution in [0.15, 0.2) is 22.2 Å². The highest BCUT2D eigenvalue weighted by Crippen LogP contribution is 2.46. The van der Waals surface area contributed by atoms with Gasteiger partial charge in [-0.15, -0.1) is 0 Å². The Morgan fingerprint density at radius 3 is 2.41 bits per heavy atom. The van der Waals surface area contributed by atoms with Gasteiger partial charge in [0.1, 0.15) is 16.7 Å². The summed E-state index contributed by atoms with van der Waals surface area (Å²) in [6.07, 6.45) is 9.76. The highest BCUT2D eigenvalue weighted by atomic mass is 35.5. The van der Waals surface area contributed by atoms with Crippen molar-refractivity contribution in [2.75, 3.05) is 29.5 Å². The van der Waals surface area contributed by atoms with E-state index in [1.54, 1.807) is 12.3 Å².